The van der Waals surface area contributed by atoms with Crippen LogP contribution in [-0.2, 0) is 4.79 Å². The molecule has 0 aliphatic carbocycles. The number of aromatic nitrogens is 2. The molecule has 1 aromatic carbocycles. The maximum atomic E-state index is 12.6. The molecule has 0 spiro atoms. The molecule has 1 fully saturated rings. The molecule has 1 saturated heterocycles. The number of nitrogens with zero attached hydrogens (tertiary/aromatic N) is 3. The lowest BCUT2D eigenvalue weighted by Crippen LogP contribution is -2.45. The van der Waals surface area contributed by atoms with Gasteiger partial charge in [-0.15, -0.1) is 0 Å². The van der Waals surface area contributed by atoms with E-state index in [-0.39, 0.29) is 17.9 Å². The molecule has 4 rings (SSSR count). The van der Waals surface area contributed by atoms with Crippen LogP contribution in [0.25, 0.3) is 10.2 Å². The summed E-state index contributed by atoms with van der Waals surface area (Å²) >= 11 is 1.44. The van der Waals surface area contributed by atoms with Gasteiger partial charge in [-0.25, -0.2) is 14.8 Å². The lowest BCUT2D eigenvalue weighted by Gasteiger charge is -2.31. The van der Waals surface area contributed by atoms with Crippen molar-refractivity contribution >= 4 is 44.4 Å². The van der Waals surface area contributed by atoms with Crippen LogP contribution in [0.4, 0.5) is 15.7 Å². The molecule has 144 valence electrons. The zero-order chi connectivity index (χ0) is 19.5. The molecule has 1 atom stereocenters. The van der Waals surface area contributed by atoms with E-state index in [0.717, 1.165) is 28.6 Å². The number of benzene rings is 1. The first-order valence-electron chi connectivity index (χ1n) is 9.23. The molecule has 1 aliphatic heterocycles. The largest absolute Gasteiger partial charge is 0.324 e. The first-order valence-corrected chi connectivity index (χ1v) is 10.0. The third-order valence-corrected chi connectivity index (χ3v) is 5.70. The molecule has 2 aromatic heterocycles. The molecular formula is C20H21N5O2S. The van der Waals surface area contributed by atoms with Crippen LogP contribution < -0.4 is 10.6 Å². The number of rotatable bonds is 3. The molecule has 3 heterocycles. The van der Waals surface area contributed by atoms with Crippen LogP contribution in [0.3, 0.4) is 0 Å². The quantitative estimate of drug-likeness (QED) is 0.704. The number of likely N-dealkylation sites (tertiary alicyclic amines) is 1. The second-order valence-corrected chi connectivity index (χ2v) is 7.94. The minimum absolute atomic E-state index is 0.103. The molecule has 1 aliphatic rings. The van der Waals surface area contributed by atoms with Crippen LogP contribution in [0.15, 0.2) is 42.6 Å². The van der Waals surface area contributed by atoms with E-state index < -0.39 is 0 Å². The number of hydrogen-bond acceptors (Lipinski definition) is 5. The summed E-state index contributed by atoms with van der Waals surface area (Å²) < 4.78 is 1.03. The van der Waals surface area contributed by atoms with Crippen LogP contribution >= 0.6 is 11.3 Å². The van der Waals surface area contributed by atoms with Gasteiger partial charge in [0.15, 0.2) is 5.13 Å². The van der Waals surface area contributed by atoms with Crippen molar-refractivity contribution in [2.45, 2.75) is 19.8 Å². The first-order chi connectivity index (χ1) is 13.6. The Morgan fingerprint density at radius 2 is 2.04 bits per heavy atom. The molecule has 0 unspecified atom stereocenters. The maximum absolute atomic E-state index is 12.6. The molecule has 8 heteroatoms. The zero-order valence-corrected chi connectivity index (χ0v) is 16.3. The van der Waals surface area contributed by atoms with E-state index >= 15 is 0 Å². The van der Waals surface area contributed by atoms with Crippen molar-refractivity contribution < 1.29 is 9.59 Å². The number of carbonyl (C=O) groups excluding carboxylic acids is 2. The monoisotopic (exact) mass is 395 g/mol. The van der Waals surface area contributed by atoms with Gasteiger partial charge >= 0.3 is 6.03 Å². The highest BCUT2D eigenvalue weighted by Crippen LogP contribution is 2.26. The fraction of sp³-hybridized carbons (Fsp3) is 0.300. The van der Waals surface area contributed by atoms with Gasteiger partial charge < -0.3 is 10.2 Å². The lowest BCUT2D eigenvalue weighted by atomic mass is 9.97. The van der Waals surface area contributed by atoms with Gasteiger partial charge in [0.25, 0.3) is 0 Å². The minimum atomic E-state index is -0.252. The Hall–Kier alpha value is -3.00. The third-order valence-electron chi connectivity index (χ3n) is 4.75. The first kappa shape index (κ1) is 18.4. The second-order valence-electron chi connectivity index (χ2n) is 6.91. The number of carbonyl (C=O) groups is 2. The van der Waals surface area contributed by atoms with E-state index in [1.807, 2.05) is 37.3 Å². The van der Waals surface area contributed by atoms with Gasteiger partial charge in [-0.05, 0) is 43.5 Å². The molecule has 3 amide bonds. The van der Waals surface area contributed by atoms with Crippen molar-refractivity contribution in [2.24, 2.45) is 5.92 Å². The van der Waals surface area contributed by atoms with Gasteiger partial charge in [0.05, 0.1) is 16.1 Å². The van der Waals surface area contributed by atoms with Gasteiger partial charge in [0, 0.05) is 19.3 Å². The number of nitrogens with one attached hydrogen (secondary N) is 2. The summed E-state index contributed by atoms with van der Waals surface area (Å²) in [6.45, 7) is 2.96. The summed E-state index contributed by atoms with van der Waals surface area (Å²) in [5.41, 5.74) is 1.90. The van der Waals surface area contributed by atoms with E-state index in [1.54, 1.807) is 17.2 Å². The summed E-state index contributed by atoms with van der Waals surface area (Å²) in [6, 6.07) is 11.2. The van der Waals surface area contributed by atoms with Crippen LogP contribution in [0, 0.1) is 12.8 Å². The molecule has 28 heavy (non-hydrogen) atoms. The Labute approximate surface area is 166 Å². The Balaban J connectivity index is 1.37. The SMILES string of the molecule is Cc1ccc(NC(=O)[C@H]2CCCN(C(=O)Nc3nc4ccccc4s3)C2)nc1. The van der Waals surface area contributed by atoms with Gasteiger partial charge in [0.1, 0.15) is 5.82 Å². The third kappa shape index (κ3) is 4.12. The lowest BCUT2D eigenvalue weighted by molar-refractivity contribution is -0.121. The predicted molar refractivity (Wildman–Crippen MR) is 111 cm³/mol. The van der Waals surface area contributed by atoms with Crippen molar-refractivity contribution in [2.75, 3.05) is 23.7 Å². The molecular weight excluding hydrogens is 374 g/mol. The highest BCUT2D eigenvalue weighted by molar-refractivity contribution is 7.22. The molecule has 7 nitrogen and oxygen atoms in total. The van der Waals surface area contributed by atoms with Crippen LogP contribution in [0.1, 0.15) is 18.4 Å². The number of aryl methyl sites for hydroxylation is 1. The number of thiazole rings is 1. The average Bonchev–Trinajstić information content (AvgIpc) is 3.12. The fourth-order valence-electron chi connectivity index (χ4n) is 3.24. The van der Waals surface area contributed by atoms with E-state index in [1.165, 1.54) is 11.3 Å². The number of pyridine rings is 1. The molecule has 2 N–H and O–H groups in total. The van der Waals surface area contributed by atoms with Gasteiger partial charge in [-0.1, -0.05) is 29.5 Å². The van der Waals surface area contributed by atoms with Crippen molar-refractivity contribution in [3.8, 4) is 0 Å². The van der Waals surface area contributed by atoms with E-state index in [9.17, 15) is 9.59 Å². The van der Waals surface area contributed by atoms with Crippen LogP contribution in [0.5, 0.6) is 0 Å². The topological polar surface area (TPSA) is 87.2 Å². The predicted octanol–water partition coefficient (Wildman–Crippen LogP) is 3.88. The standard InChI is InChI=1S/C20H21N5O2S/c1-13-8-9-17(21-11-13)23-18(26)14-5-4-10-25(12-14)20(27)24-19-22-15-6-2-3-7-16(15)28-19/h2-3,6-9,11,14H,4-5,10,12H2,1H3,(H,21,23,26)(H,22,24,27)/t14-/m0/s1. The number of para-hydroxylation sites is 1. The van der Waals surface area contributed by atoms with Crippen LogP contribution in [0.2, 0.25) is 0 Å². The van der Waals surface area contributed by atoms with Crippen molar-refractivity contribution in [1.82, 2.24) is 14.9 Å². The average molecular weight is 395 g/mol. The second kappa shape index (κ2) is 7.93. The van der Waals surface area contributed by atoms with Crippen molar-refractivity contribution in [1.29, 1.82) is 0 Å². The highest BCUT2D eigenvalue weighted by atomic mass is 32.1. The number of hydrogen-bond donors (Lipinski definition) is 2. The number of fused-ring (bicyclic) bond motifs is 1. The highest BCUT2D eigenvalue weighted by Gasteiger charge is 2.29. The van der Waals surface area contributed by atoms with Gasteiger partial charge in [-0.2, -0.15) is 0 Å². The number of anilines is 2. The Morgan fingerprint density at radius 1 is 1.18 bits per heavy atom. The molecule has 0 radical (unpaired) electrons. The van der Waals surface area contributed by atoms with E-state index in [2.05, 4.69) is 20.6 Å². The zero-order valence-electron chi connectivity index (χ0n) is 15.5. The number of amides is 3. The summed E-state index contributed by atoms with van der Waals surface area (Å²) in [5, 5.41) is 6.28. The summed E-state index contributed by atoms with van der Waals surface area (Å²) in [7, 11) is 0. The number of urea groups is 1. The van der Waals surface area contributed by atoms with Crippen LogP contribution in [-0.4, -0.2) is 39.9 Å². The minimum Gasteiger partial charge on any atom is -0.324 e. The molecule has 0 bridgehead atoms. The molecule has 3 aromatic rings. The fourth-order valence-corrected chi connectivity index (χ4v) is 4.10. The normalized spacial score (nSPS) is 16.8. The van der Waals surface area contributed by atoms with Crippen molar-refractivity contribution in [3.05, 3.63) is 48.2 Å². The summed E-state index contributed by atoms with van der Waals surface area (Å²) in [6.07, 6.45) is 3.25. The summed E-state index contributed by atoms with van der Waals surface area (Å²) in [5.74, 6) is 0.179. The van der Waals surface area contributed by atoms with Gasteiger partial charge in [0.2, 0.25) is 5.91 Å². The van der Waals surface area contributed by atoms with E-state index in [4.69, 9.17) is 0 Å². The Kier molecular flexibility index (Phi) is 5.21. The summed E-state index contributed by atoms with van der Waals surface area (Å²) in [4.78, 5) is 35.6. The van der Waals surface area contributed by atoms with Crippen molar-refractivity contribution in [3.63, 3.8) is 0 Å². The number of piperidine rings is 1. The Bertz CT molecular complexity index is 968. The maximum Gasteiger partial charge on any atom is 0.323 e. The van der Waals surface area contributed by atoms with E-state index in [0.29, 0.717) is 24.0 Å². The smallest absolute Gasteiger partial charge is 0.323 e. The molecule has 0 saturated carbocycles. The Morgan fingerprint density at radius 3 is 2.82 bits per heavy atom. The van der Waals surface area contributed by atoms with Gasteiger partial charge in [-0.3, -0.25) is 10.1 Å².